The Balaban J connectivity index is 2.27. The van der Waals surface area contributed by atoms with E-state index < -0.39 is 0 Å². The second kappa shape index (κ2) is 6.18. The lowest BCUT2D eigenvalue weighted by Crippen LogP contribution is -2.15. The van der Waals surface area contributed by atoms with Gasteiger partial charge in [-0.15, -0.1) is 0 Å². The summed E-state index contributed by atoms with van der Waals surface area (Å²) in [6.45, 7) is 1.73. The van der Waals surface area contributed by atoms with Gasteiger partial charge in [0.25, 0.3) is 5.91 Å². The highest BCUT2D eigenvalue weighted by Gasteiger charge is 2.21. The predicted octanol–water partition coefficient (Wildman–Crippen LogP) is 3.90. The summed E-state index contributed by atoms with van der Waals surface area (Å²) in [5.41, 5.74) is 2.75. The smallest absolute Gasteiger partial charge is 0.266 e. The SMILES string of the molecule is COc1ccc(Br)cc1C(=O)n1c(C)c(CO)c2ccccc21. The van der Waals surface area contributed by atoms with Crippen LogP contribution in [-0.2, 0) is 6.61 Å². The number of para-hydroxylation sites is 1. The molecule has 5 heteroatoms. The third-order valence-corrected chi connectivity index (χ3v) is 4.49. The van der Waals surface area contributed by atoms with Gasteiger partial charge in [-0.2, -0.15) is 0 Å². The average molecular weight is 374 g/mol. The Kier molecular flexibility index (Phi) is 4.24. The molecular weight excluding hydrogens is 358 g/mol. The zero-order valence-electron chi connectivity index (χ0n) is 12.8. The number of carbonyl (C=O) groups is 1. The van der Waals surface area contributed by atoms with Gasteiger partial charge in [-0.3, -0.25) is 9.36 Å². The number of methoxy groups -OCH3 is 1. The molecular formula is C18H16BrNO3. The van der Waals surface area contributed by atoms with E-state index in [1.54, 1.807) is 23.8 Å². The summed E-state index contributed by atoms with van der Waals surface area (Å²) in [6, 6.07) is 12.9. The zero-order chi connectivity index (χ0) is 16.6. The predicted molar refractivity (Wildman–Crippen MR) is 93.0 cm³/mol. The number of nitrogens with zero attached hydrogens (tertiary/aromatic N) is 1. The van der Waals surface area contributed by atoms with E-state index in [1.807, 2.05) is 37.3 Å². The Morgan fingerprint density at radius 1 is 1.26 bits per heavy atom. The third-order valence-electron chi connectivity index (χ3n) is 4.00. The minimum Gasteiger partial charge on any atom is -0.496 e. The molecule has 23 heavy (non-hydrogen) atoms. The Labute approximate surface area is 142 Å². The molecule has 0 amide bonds. The Morgan fingerprint density at radius 2 is 2.00 bits per heavy atom. The molecule has 1 aromatic heterocycles. The molecule has 3 aromatic rings. The van der Waals surface area contributed by atoms with Crippen LogP contribution < -0.4 is 4.74 Å². The van der Waals surface area contributed by atoms with Crippen LogP contribution in [0.3, 0.4) is 0 Å². The topological polar surface area (TPSA) is 51.5 Å². The Bertz CT molecular complexity index is 899. The fourth-order valence-electron chi connectivity index (χ4n) is 2.86. The van der Waals surface area contributed by atoms with Crippen molar-refractivity contribution < 1.29 is 14.6 Å². The first-order valence-corrected chi connectivity index (χ1v) is 7.95. The van der Waals surface area contributed by atoms with E-state index in [1.165, 1.54) is 0 Å². The zero-order valence-corrected chi connectivity index (χ0v) is 14.4. The maximum atomic E-state index is 13.1. The lowest BCUT2D eigenvalue weighted by molar-refractivity contribution is 0.0959. The average Bonchev–Trinajstić information content (AvgIpc) is 2.85. The molecule has 4 nitrogen and oxygen atoms in total. The Morgan fingerprint density at radius 3 is 2.70 bits per heavy atom. The summed E-state index contributed by atoms with van der Waals surface area (Å²) < 4.78 is 7.76. The van der Waals surface area contributed by atoms with Crippen LogP contribution in [0.4, 0.5) is 0 Å². The molecule has 0 atom stereocenters. The number of aromatic nitrogens is 1. The first-order valence-electron chi connectivity index (χ1n) is 7.16. The standard InChI is InChI=1S/C18H16BrNO3/c1-11-15(10-21)13-5-3-4-6-16(13)20(11)18(22)14-9-12(19)7-8-17(14)23-2/h3-9,21H,10H2,1-2H3. The summed E-state index contributed by atoms with van der Waals surface area (Å²) in [7, 11) is 1.54. The molecule has 0 aliphatic heterocycles. The quantitative estimate of drug-likeness (QED) is 0.757. The van der Waals surface area contributed by atoms with Crippen LogP contribution in [0.1, 0.15) is 21.6 Å². The monoisotopic (exact) mass is 373 g/mol. The van der Waals surface area contributed by atoms with Crippen LogP contribution in [-0.4, -0.2) is 22.7 Å². The minimum absolute atomic E-state index is 0.109. The number of hydrogen-bond donors (Lipinski definition) is 1. The first kappa shape index (κ1) is 15.8. The van der Waals surface area contributed by atoms with Gasteiger partial charge in [-0.1, -0.05) is 34.1 Å². The molecule has 0 saturated carbocycles. The molecule has 0 saturated heterocycles. The molecule has 0 radical (unpaired) electrons. The first-order chi connectivity index (χ1) is 11.1. The highest BCUT2D eigenvalue weighted by atomic mass is 79.9. The van der Waals surface area contributed by atoms with Crippen molar-refractivity contribution in [1.82, 2.24) is 4.57 Å². The van der Waals surface area contributed by atoms with E-state index in [9.17, 15) is 9.90 Å². The van der Waals surface area contributed by atoms with E-state index in [0.717, 1.165) is 26.6 Å². The van der Waals surface area contributed by atoms with E-state index in [4.69, 9.17) is 4.74 Å². The molecule has 0 bridgehead atoms. The second-order valence-corrected chi connectivity index (χ2v) is 6.14. The number of ether oxygens (including phenoxy) is 1. The van der Waals surface area contributed by atoms with Crippen molar-refractivity contribution in [3.05, 3.63) is 63.8 Å². The van der Waals surface area contributed by atoms with Crippen LogP contribution >= 0.6 is 15.9 Å². The van der Waals surface area contributed by atoms with Crippen molar-refractivity contribution in [2.24, 2.45) is 0 Å². The number of benzene rings is 2. The maximum absolute atomic E-state index is 13.1. The van der Waals surface area contributed by atoms with Crippen molar-refractivity contribution in [3.63, 3.8) is 0 Å². The molecule has 2 aromatic carbocycles. The molecule has 0 unspecified atom stereocenters. The van der Waals surface area contributed by atoms with Gasteiger partial charge >= 0.3 is 0 Å². The van der Waals surface area contributed by atoms with E-state index in [2.05, 4.69) is 15.9 Å². The van der Waals surface area contributed by atoms with Gasteiger partial charge < -0.3 is 9.84 Å². The number of aliphatic hydroxyl groups is 1. The molecule has 0 aliphatic rings. The van der Waals surface area contributed by atoms with Gasteiger partial charge in [0.15, 0.2) is 0 Å². The van der Waals surface area contributed by atoms with Crippen molar-refractivity contribution in [3.8, 4) is 5.75 Å². The maximum Gasteiger partial charge on any atom is 0.266 e. The number of aliphatic hydroxyl groups excluding tert-OH is 1. The third kappa shape index (κ3) is 2.56. The Hall–Kier alpha value is -2.11. The summed E-state index contributed by atoms with van der Waals surface area (Å²) in [6.07, 6.45) is 0. The van der Waals surface area contributed by atoms with E-state index in [0.29, 0.717) is 11.3 Å². The lowest BCUT2D eigenvalue weighted by Gasteiger charge is -2.11. The highest BCUT2D eigenvalue weighted by molar-refractivity contribution is 9.10. The summed E-state index contributed by atoms with van der Waals surface area (Å²) >= 11 is 3.40. The second-order valence-electron chi connectivity index (χ2n) is 5.22. The van der Waals surface area contributed by atoms with Gasteiger partial charge in [-0.25, -0.2) is 0 Å². The summed E-state index contributed by atoms with van der Waals surface area (Å²) in [5, 5.41) is 10.6. The number of carbonyl (C=O) groups excluding carboxylic acids is 1. The number of hydrogen-bond acceptors (Lipinski definition) is 3. The number of fused-ring (bicyclic) bond motifs is 1. The summed E-state index contributed by atoms with van der Waals surface area (Å²) in [5.74, 6) is 0.331. The van der Waals surface area contributed by atoms with Gasteiger partial charge in [0.2, 0.25) is 0 Å². The number of halogens is 1. The summed E-state index contributed by atoms with van der Waals surface area (Å²) in [4.78, 5) is 13.1. The van der Waals surface area contributed by atoms with Crippen LogP contribution in [0.2, 0.25) is 0 Å². The molecule has 1 N–H and O–H groups in total. The normalized spacial score (nSPS) is 11.0. The van der Waals surface area contributed by atoms with Gasteiger partial charge in [0.05, 0.1) is 24.8 Å². The largest absolute Gasteiger partial charge is 0.496 e. The van der Waals surface area contributed by atoms with Crippen LogP contribution in [0.15, 0.2) is 46.9 Å². The fourth-order valence-corrected chi connectivity index (χ4v) is 3.22. The van der Waals surface area contributed by atoms with Crippen LogP contribution in [0.5, 0.6) is 5.75 Å². The van der Waals surface area contributed by atoms with Crippen molar-refractivity contribution in [1.29, 1.82) is 0 Å². The molecule has 118 valence electrons. The lowest BCUT2D eigenvalue weighted by atomic mass is 10.1. The molecule has 1 heterocycles. The van der Waals surface area contributed by atoms with Crippen LogP contribution in [0.25, 0.3) is 10.9 Å². The van der Waals surface area contributed by atoms with Crippen molar-refractivity contribution in [2.75, 3.05) is 7.11 Å². The molecule has 3 rings (SSSR count). The van der Waals surface area contributed by atoms with E-state index in [-0.39, 0.29) is 12.5 Å². The van der Waals surface area contributed by atoms with Crippen molar-refractivity contribution >= 4 is 32.7 Å². The molecule has 0 spiro atoms. The number of rotatable bonds is 3. The van der Waals surface area contributed by atoms with E-state index >= 15 is 0 Å². The fraction of sp³-hybridized carbons (Fsp3) is 0.167. The van der Waals surface area contributed by atoms with Crippen LogP contribution in [0, 0.1) is 6.92 Å². The molecule has 0 fully saturated rings. The van der Waals surface area contributed by atoms with Gasteiger partial charge in [-0.05, 0) is 31.2 Å². The highest BCUT2D eigenvalue weighted by Crippen LogP contribution is 2.30. The van der Waals surface area contributed by atoms with Gasteiger partial charge in [0.1, 0.15) is 5.75 Å². The minimum atomic E-state index is -0.184. The molecule has 0 aliphatic carbocycles. The van der Waals surface area contributed by atoms with Crippen molar-refractivity contribution in [2.45, 2.75) is 13.5 Å². The van der Waals surface area contributed by atoms with Gasteiger partial charge in [0, 0.05) is 21.1 Å².